The van der Waals surface area contributed by atoms with Crippen LogP contribution in [0.1, 0.15) is 12.0 Å². The van der Waals surface area contributed by atoms with Crippen molar-refractivity contribution in [3.05, 3.63) is 29.8 Å². The van der Waals surface area contributed by atoms with Gasteiger partial charge in [-0.15, -0.1) is 0 Å². The van der Waals surface area contributed by atoms with Crippen molar-refractivity contribution in [1.29, 1.82) is 0 Å². The molecule has 1 aliphatic rings. The quantitative estimate of drug-likeness (QED) is 0.870. The van der Waals surface area contributed by atoms with Gasteiger partial charge in [-0.05, 0) is 31.2 Å². The molecule has 6 heteroatoms. The van der Waals surface area contributed by atoms with Crippen molar-refractivity contribution in [2.75, 3.05) is 34.2 Å². The number of hydrogen-bond donors (Lipinski definition) is 1. The molecule has 0 radical (unpaired) electrons. The van der Waals surface area contributed by atoms with Crippen molar-refractivity contribution < 1.29 is 8.42 Å². The monoisotopic (exact) mass is 297 g/mol. The van der Waals surface area contributed by atoms with Gasteiger partial charge in [0.25, 0.3) is 0 Å². The van der Waals surface area contributed by atoms with Crippen LogP contribution in [-0.4, -0.2) is 57.9 Å². The number of nitrogens with zero attached hydrogens (tertiary/aromatic N) is 2. The van der Waals surface area contributed by atoms with E-state index in [0.29, 0.717) is 10.9 Å². The van der Waals surface area contributed by atoms with Gasteiger partial charge < -0.3 is 5.32 Å². The summed E-state index contributed by atoms with van der Waals surface area (Å²) in [5, 5.41) is 3.29. The van der Waals surface area contributed by atoms with Crippen LogP contribution in [0.5, 0.6) is 0 Å². The fraction of sp³-hybridized carbons (Fsp3) is 0.571. The third-order valence-corrected chi connectivity index (χ3v) is 5.62. The lowest BCUT2D eigenvalue weighted by Gasteiger charge is -2.16. The standard InChI is InChI=1S/C14H23N3O2S/c1-15-13-8-9-17(11-13)10-12-4-6-14(7-5-12)20(18,19)16(2)3/h4-7,13,15H,8-11H2,1-3H3. The van der Waals surface area contributed by atoms with Crippen LogP contribution in [0.15, 0.2) is 29.2 Å². The van der Waals surface area contributed by atoms with Gasteiger partial charge in [0.1, 0.15) is 0 Å². The molecule has 0 spiro atoms. The van der Waals surface area contributed by atoms with Gasteiger partial charge >= 0.3 is 0 Å². The molecule has 1 atom stereocenters. The van der Waals surface area contributed by atoms with Gasteiger partial charge in [-0.25, -0.2) is 12.7 Å². The molecule has 2 rings (SSSR count). The molecule has 0 saturated carbocycles. The first-order valence-electron chi connectivity index (χ1n) is 6.84. The lowest BCUT2D eigenvalue weighted by Crippen LogP contribution is -2.29. The Hall–Kier alpha value is -0.950. The molecule has 0 bridgehead atoms. The van der Waals surface area contributed by atoms with Gasteiger partial charge in [-0.1, -0.05) is 12.1 Å². The zero-order valence-electron chi connectivity index (χ0n) is 12.3. The molecule has 5 nitrogen and oxygen atoms in total. The zero-order chi connectivity index (χ0) is 14.8. The van der Waals surface area contributed by atoms with E-state index >= 15 is 0 Å². The van der Waals surface area contributed by atoms with E-state index in [0.717, 1.165) is 25.2 Å². The predicted molar refractivity (Wildman–Crippen MR) is 80.1 cm³/mol. The van der Waals surface area contributed by atoms with Crippen LogP contribution < -0.4 is 5.32 Å². The van der Waals surface area contributed by atoms with E-state index in [1.807, 2.05) is 19.2 Å². The Bertz CT molecular complexity index is 540. The largest absolute Gasteiger partial charge is 0.316 e. The van der Waals surface area contributed by atoms with Gasteiger partial charge in [0, 0.05) is 39.8 Å². The fourth-order valence-corrected chi connectivity index (χ4v) is 3.35. The predicted octanol–water partition coefficient (Wildman–Crippen LogP) is 0.731. The Kier molecular flexibility index (Phi) is 4.80. The highest BCUT2D eigenvalue weighted by atomic mass is 32.2. The third-order valence-electron chi connectivity index (χ3n) is 3.79. The highest BCUT2D eigenvalue weighted by molar-refractivity contribution is 7.89. The summed E-state index contributed by atoms with van der Waals surface area (Å²) in [4.78, 5) is 2.73. The molecule has 0 amide bonds. The average molecular weight is 297 g/mol. The number of likely N-dealkylation sites (tertiary alicyclic amines) is 1. The first kappa shape index (κ1) is 15.4. The molecular weight excluding hydrogens is 274 g/mol. The first-order chi connectivity index (χ1) is 9.43. The molecule has 1 aromatic carbocycles. The second-order valence-corrected chi connectivity index (χ2v) is 7.59. The van der Waals surface area contributed by atoms with Crippen LogP contribution in [0.2, 0.25) is 0 Å². The summed E-state index contributed by atoms with van der Waals surface area (Å²) in [6, 6.07) is 7.77. The topological polar surface area (TPSA) is 52.7 Å². The van der Waals surface area contributed by atoms with E-state index in [2.05, 4.69) is 10.2 Å². The fourth-order valence-electron chi connectivity index (χ4n) is 2.45. The highest BCUT2D eigenvalue weighted by Crippen LogP contribution is 2.17. The Morgan fingerprint density at radius 3 is 2.45 bits per heavy atom. The molecule has 1 aromatic rings. The van der Waals surface area contributed by atoms with E-state index < -0.39 is 10.0 Å². The Labute approximate surface area is 121 Å². The molecular formula is C14H23N3O2S. The lowest BCUT2D eigenvalue weighted by molar-refractivity contribution is 0.322. The minimum absolute atomic E-state index is 0.348. The molecule has 1 aliphatic heterocycles. The number of nitrogens with one attached hydrogen (secondary N) is 1. The Balaban J connectivity index is 2.03. The number of rotatable bonds is 5. The number of sulfonamides is 1. The van der Waals surface area contributed by atoms with Crippen LogP contribution in [0, 0.1) is 0 Å². The van der Waals surface area contributed by atoms with Crippen molar-refractivity contribution >= 4 is 10.0 Å². The lowest BCUT2D eigenvalue weighted by atomic mass is 10.2. The summed E-state index contributed by atoms with van der Waals surface area (Å²) in [6.07, 6.45) is 1.17. The van der Waals surface area contributed by atoms with E-state index in [-0.39, 0.29) is 0 Å². The van der Waals surface area contributed by atoms with Gasteiger partial charge in [-0.2, -0.15) is 0 Å². The van der Waals surface area contributed by atoms with Crippen LogP contribution in [0.4, 0.5) is 0 Å². The maximum atomic E-state index is 12.0. The smallest absolute Gasteiger partial charge is 0.242 e. The molecule has 1 N–H and O–H groups in total. The van der Waals surface area contributed by atoms with E-state index in [4.69, 9.17) is 0 Å². The molecule has 1 unspecified atom stereocenters. The van der Waals surface area contributed by atoms with Crippen LogP contribution in [-0.2, 0) is 16.6 Å². The molecule has 1 heterocycles. The van der Waals surface area contributed by atoms with Gasteiger partial charge in [0.2, 0.25) is 10.0 Å². The normalized spacial score (nSPS) is 20.7. The third kappa shape index (κ3) is 3.38. The highest BCUT2D eigenvalue weighted by Gasteiger charge is 2.21. The van der Waals surface area contributed by atoms with Crippen molar-refractivity contribution in [1.82, 2.24) is 14.5 Å². The number of benzene rings is 1. The number of likely N-dealkylation sites (N-methyl/N-ethyl adjacent to an activating group) is 1. The molecule has 112 valence electrons. The van der Waals surface area contributed by atoms with E-state index in [9.17, 15) is 8.42 Å². The van der Waals surface area contributed by atoms with Crippen molar-refractivity contribution in [3.63, 3.8) is 0 Å². The molecule has 1 fully saturated rings. The zero-order valence-corrected chi connectivity index (χ0v) is 13.2. The van der Waals surface area contributed by atoms with Crippen LogP contribution in [0.25, 0.3) is 0 Å². The second-order valence-electron chi connectivity index (χ2n) is 5.44. The SMILES string of the molecule is CNC1CCN(Cc2ccc(S(=O)(=O)N(C)C)cc2)C1. The average Bonchev–Trinajstić information content (AvgIpc) is 2.87. The van der Waals surface area contributed by atoms with Crippen molar-refractivity contribution in [3.8, 4) is 0 Å². The summed E-state index contributed by atoms with van der Waals surface area (Å²) in [7, 11) is 1.77. The molecule has 1 saturated heterocycles. The summed E-state index contributed by atoms with van der Waals surface area (Å²) in [6.45, 7) is 3.01. The van der Waals surface area contributed by atoms with Gasteiger partial charge in [0.15, 0.2) is 0 Å². The van der Waals surface area contributed by atoms with Crippen LogP contribution in [0.3, 0.4) is 0 Å². The van der Waals surface area contributed by atoms with Crippen molar-refractivity contribution in [2.45, 2.75) is 23.9 Å². The van der Waals surface area contributed by atoms with Crippen molar-refractivity contribution in [2.24, 2.45) is 0 Å². The summed E-state index contributed by atoms with van der Waals surface area (Å²) in [5.41, 5.74) is 1.15. The Morgan fingerprint density at radius 2 is 1.95 bits per heavy atom. The molecule has 0 aliphatic carbocycles. The summed E-state index contributed by atoms with van der Waals surface area (Å²) < 4.78 is 25.2. The van der Waals surface area contributed by atoms with Gasteiger partial charge in [-0.3, -0.25) is 4.90 Å². The summed E-state index contributed by atoms with van der Waals surface area (Å²) in [5.74, 6) is 0. The second kappa shape index (κ2) is 6.22. The maximum absolute atomic E-state index is 12.0. The van der Waals surface area contributed by atoms with E-state index in [1.54, 1.807) is 26.2 Å². The minimum Gasteiger partial charge on any atom is -0.316 e. The molecule has 20 heavy (non-hydrogen) atoms. The van der Waals surface area contributed by atoms with E-state index in [1.165, 1.54) is 10.7 Å². The van der Waals surface area contributed by atoms with Crippen LogP contribution >= 0.6 is 0 Å². The number of hydrogen-bond acceptors (Lipinski definition) is 4. The minimum atomic E-state index is -3.32. The Morgan fingerprint density at radius 1 is 1.30 bits per heavy atom. The maximum Gasteiger partial charge on any atom is 0.242 e. The molecule has 0 aromatic heterocycles. The van der Waals surface area contributed by atoms with Gasteiger partial charge in [0.05, 0.1) is 4.90 Å². The summed E-state index contributed by atoms with van der Waals surface area (Å²) >= 11 is 0. The first-order valence-corrected chi connectivity index (χ1v) is 8.28.